The molecule has 9 rings (SSSR count). The van der Waals surface area contributed by atoms with Gasteiger partial charge in [0, 0.05) is 72.2 Å². The number of rotatable bonds is 23. The molecule has 528 valence electrons. The first-order valence-corrected chi connectivity index (χ1v) is 32.9. The second kappa shape index (κ2) is 32.4. The number of esters is 1. The van der Waals surface area contributed by atoms with E-state index in [0.29, 0.717) is 29.1 Å². The fourth-order valence-electron chi connectivity index (χ4n) is 12.8. The number of carbonyl (C=O) groups excluding carboxylic acids is 9. The molecule has 2 saturated heterocycles. The quantitative estimate of drug-likeness (QED) is 0.0209. The summed E-state index contributed by atoms with van der Waals surface area (Å²) in [5.41, 5.74) is 7.77. The van der Waals surface area contributed by atoms with Crippen LogP contribution in [0.25, 0.3) is 11.1 Å². The Bertz CT molecular complexity index is 3630. The lowest BCUT2D eigenvalue weighted by atomic mass is 9.72. The Morgan fingerprint density at radius 1 is 0.888 bits per heavy atom. The number of fused-ring (bicyclic) bond motifs is 9. The molecule has 5 aliphatic rings. The van der Waals surface area contributed by atoms with Gasteiger partial charge < -0.3 is 80.0 Å². The van der Waals surface area contributed by atoms with Crippen molar-refractivity contribution in [3.63, 3.8) is 0 Å². The number of amides is 9. The van der Waals surface area contributed by atoms with Crippen molar-refractivity contribution in [1.82, 2.24) is 31.1 Å². The van der Waals surface area contributed by atoms with Gasteiger partial charge in [-0.2, -0.15) is 0 Å². The van der Waals surface area contributed by atoms with Crippen molar-refractivity contribution in [2.45, 2.75) is 159 Å². The Balaban J connectivity index is 0.832. The third kappa shape index (κ3) is 18.1. The molecule has 27 heteroatoms. The van der Waals surface area contributed by atoms with E-state index >= 15 is 0 Å². The Morgan fingerprint density at radius 2 is 1.55 bits per heavy atom. The Labute approximate surface area is 575 Å². The number of hydrogen-bond acceptors (Lipinski definition) is 17. The molecule has 1 unspecified atom stereocenters. The molecule has 4 heterocycles. The van der Waals surface area contributed by atoms with Crippen LogP contribution in [0.15, 0.2) is 109 Å². The number of alkyl carbamates (subject to hydrolysis) is 2. The predicted molar refractivity (Wildman–Crippen MR) is 364 cm³/mol. The summed E-state index contributed by atoms with van der Waals surface area (Å²) < 4.78 is 41.1. The number of primary amides is 1. The van der Waals surface area contributed by atoms with Crippen LogP contribution in [-0.4, -0.2) is 177 Å². The zero-order valence-corrected chi connectivity index (χ0v) is 58.0. The summed E-state index contributed by atoms with van der Waals surface area (Å²) in [7, 11) is 7.33. The van der Waals surface area contributed by atoms with Gasteiger partial charge in [-0.05, 0) is 117 Å². The second-order valence-electron chi connectivity index (χ2n) is 26.1. The maximum Gasteiger partial charge on any atom is 0.409 e. The minimum atomic E-state index is -1.93. The first kappa shape index (κ1) is 74.5. The third-order valence-corrected chi connectivity index (χ3v) is 18.8. The average molecular weight is 1380 g/mol. The number of anilines is 2. The Hall–Kier alpha value is -9.24. The monoisotopic (exact) mass is 1380 g/mol. The fourth-order valence-corrected chi connectivity index (χ4v) is 13.1. The second-order valence-corrected chi connectivity index (χ2v) is 26.5. The summed E-state index contributed by atoms with van der Waals surface area (Å²) in [4.78, 5) is 125. The Morgan fingerprint density at radius 3 is 2.18 bits per heavy atom. The van der Waals surface area contributed by atoms with E-state index in [4.69, 9.17) is 50.5 Å². The van der Waals surface area contributed by atoms with Gasteiger partial charge in [0.05, 0.1) is 19.2 Å². The van der Waals surface area contributed by atoms with Crippen molar-refractivity contribution in [2.75, 3.05) is 65.3 Å². The van der Waals surface area contributed by atoms with Crippen LogP contribution in [0.2, 0.25) is 5.02 Å². The van der Waals surface area contributed by atoms with Crippen LogP contribution >= 0.6 is 11.6 Å². The van der Waals surface area contributed by atoms with Crippen molar-refractivity contribution in [3.05, 3.63) is 136 Å². The number of ether oxygens (including phenoxy) is 7. The van der Waals surface area contributed by atoms with Crippen molar-refractivity contribution in [2.24, 2.45) is 11.7 Å². The van der Waals surface area contributed by atoms with E-state index in [1.165, 1.54) is 57.0 Å². The van der Waals surface area contributed by atoms with E-state index in [1.54, 1.807) is 76.2 Å². The lowest BCUT2D eigenvalue weighted by Gasteiger charge is -2.59. The molecular weight excluding hydrogens is 1290 g/mol. The number of urea groups is 1. The molecule has 0 saturated carbocycles. The molecule has 9 atom stereocenters. The molecule has 1 aliphatic carbocycles. The van der Waals surface area contributed by atoms with Crippen LogP contribution in [0, 0.1) is 5.92 Å². The van der Waals surface area contributed by atoms with E-state index in [1.807, 2.05) is 61.5 Å². The lowest BCUT2D eigenvalue weighted by molar-refractivity contribution is -0.328. The zero-order valence-electron chi connectivity index (χ0n) is 57.2. The van der Waals surface area contributed by atoms with Gasteiger partial charge in [0.25, 0.3) is 0 Å². The Kier molecular flexibility index (Phi) is 24.7. The fraction of sp³-hybridized carbons (Fsp3) is 0.479. The number of halogens is 1. The summed E-state index contributed by atoms with van der Waals surface area (Å²) in [5, 5.41) is 25.3. The van der Waals surface area contributed by atoms with Gasteiger partial charge in [-0.15, -0.1) is 0 Å². The number of carbonyl (C=O) groups is 9. The van der Waals surface area contributed by atoms with Crippen LogP contribution in [-0.2, 0) is 65.4 Å². The van der Waals surface area contributed by atoms with Gasteiger partial charge in [-0.1, -0.05) is 110 Å². The summed E-state index contributed by atoms with van der Waals surface area (Å²) in [6.07, 6.45) is -0.251. The standard InChI is InChI=1S/C71H90ClN9O17/c1-41(2)61(77-66(88)94-39-51-49-22-14-12-20-47(49)48-21-13-15-23-50(48)51)63(85)76-52(24-17-31-74-65(73)87)62(84)75-46-29-27-44(28-30-46)38-95-68(90)79(7)32-18-26-58(82)80(8)43(4)64(86)96-56-36-59(83)81(9)53-34-45(35-54(92-10)60(53)72)33-42(3)19-16-25-55(93-11)71(91)37-57(97-67(89)78-71)70(6)40-69(56,5)98-70/h12-16,19-23,25,27-30,34-35,41,43,51-52,55-57,61,91H,17-18,24,26,31-33,36-40H2,1-11H3,(H,75,84)(H,76,85)(H,77,88)(H,78,89)(H3,73,74,87)/b25-16+,42-19+/t43-,52-,55+,56-,57-,61-,69+,70?,71-/m0/s1. The molecule has 0 spiro atoms. The topological polar surface area (TPSA) is 334 Å². The smallest absolute Gasteiger partial charge is 0.409 e. The van der Waals surface area contributed by atoms with Gasteiger partial charge in [-0.25, -0.2) is 24.0 Å². The van der Waals surface area contributed by atoms with Crippen LogP contribution in [0.4, 0.5) is 30.6 Å². The van der Waals surface area contributed by atoms with Crippen molar-refractivity contribution >= 4 is 76.9 Å². The van der Waals surface area contributed by atoms with Crippen LogP contribution < -0.4 is 42.0 Å². The molecule has 0 radical (unpaired) electrons. The van der Waals surface area contributed by atoms with Crippen molar-refractivity contribution in [1.29, 1.82) is 0 Å². The molecular formula is C71H90ClN9O17. The van der Waals surface area contributed by atoms with E-state index in [0.717, 1.165) is 33.4 Å². The van der Waals surface area contributed by atoms with Gasteiger partial charge in [0.1, 0.15) is 71.6 Å². The predicted octanol–water partition coefficient (Wildman–Crippen LogP) is 8.14. The van der Waals surface area contributed by atoms with E-state index < -0.39 is 120 Å². The highest BCUT2D eigenvalue weighted by Gasteiger charge is 2.63. The maximum absolute atomic E-state index is 14.5. The molecule has 98 heavy (non-hydrogen) atoms. The van der Waals surface area contributed by atoms with Gasteiger partial charge in [-0.3, -0.25) is 24.5 Å². The van der Waals surface area contributed by atoms with Crippen molar-refractivity contribution in [3.8, 4) is 16.9 Å². The number of nitrogens with one attached hydrogen (secondary N) is 5. The number of nitrogens with two attached hydrogens (primary N) is 1. The highest BCUT2D eigenvalue weighted by molar-refractivity contribution is 6.35. The largest absolute Gasteiger partial charge is 0.495 e. The minimum absolute atomic E-state index is 0.0304. The molecule has 0 aromatic heterocycles. The molecule has 4 aromatic rings. The van der Waals surface area contributed by atoms with Gasteiger partial charge in [0.15, 0.2) is 5.72 Å². The number of aliphatic hydroxyl groups is 1. The average Bonchev–Trinajstić information content (AvgIpc) is 0.901. The van der Waals surface area contributed by atoms with Gasteiger partial charge >= 0.3 is 30.3 Å². The number of likely N-dealkylation sites (N-methyl/N-ethyl adjacent to an activating group) is 1. The van der Waals surface area contributed by atoms with Crippen LogP contribution in [0.1, 0.15) is 115 Å². The number of methoxy groups -OCH3 is 2. The summed E-state index contributed by atoms with van der Waals surface area (Å²) in [5.74, 6) is -3.33. The highest BCUT2D eigenvalue weighted by atomic mass is 35.5. The highest BCUT2D eigenvalue weighted by Crippen LogP contribution is 2.51. The molecule has 4 aliphatic heterocycles. The molecule has 26 nitrogen and oxygen atoms in total. The lowest BCUT2D eigenvalue weighted by Crippen LogP contribution is -2.72. The van der Waals surface area contributed by atoms with E-state index in [2.05, 4.69) is 26.6 Å². The minimum Gasteiger partial charge on any atom is -0.495 e. The first-order valence-electron chi connectivity index (χ1n) is 32.6. The number of allylic oxidation sites excluding steroid dienone is 3. The summed E-state index contributed by atoms with van der Waals surface area (Å²) >= 11 is 6.85. The molecule has 9 amide bonds. The number of benzene rings is 4. The summed E-state index contributed by atoms with van der Waals surface area (Å²) in [6.45, 7) is 10.3. The van der Waals surface area contributed by atoms with Crippen LogP contribution in [0.3, 0.4) is 0 Å². The molecule has 8 N–H and O–H groups in total. The first-order chi connectivity index (χ1) is 46.5. The third-order valence-electron chi connectivity index (χ3n) is 18.4. The SMILES string of the molecule is COc1cc2cc(c1Cl)N(C)C(=O)C[C@H](OC(=O)[C@H](C)N(C)C(=O)CCCN(C)C(=O)OCc1ccc(NC(=O)[C@H](CCCNC(N)=O)NC(=O)[C@@H](NC(=O)OCC3c4ccccc4-c4ccccc43)C(C)C)cc1)[C@@]1(C)CC(C)(O1)[C@@H]1C[C@@](O)(NC(=O)O1)[C@H](OC)/C=C/C=C(\C)C2. The number of hydrogen-bond donors (Lipinski definition) is 7. The molecule has 4 aromatic carbocycles. The van der Waals surface area contributed by atoms with E-state index in [9.17, 15) is 48.3 Å². The van der Waals surface area contributed by atoms with Crippen molar-refractivity contribution < 1.29 is 81.4 Å². The van der Waals surface area contributed by atoms with E-state index in [-0.39, 0.29) is 75.8 Å². The maximum atomic E-state index is 14.5. The molecule has 6 bridgehead atoms. The number of nitrogens with zero attached hydrogens (tertiary/aromatic N) is 3. The molecule has 2 fully saturated rings. The normalized spacial score (nSPS) is 23.0. The summed E-state index contributed by atoms with van der Waals surface area (Å²) in [6, 6.07) is 21.7. The van der Waals surface area contributed by atoms with Crippen LogP contribution in [0.5, 0.6) is 5.75 Å². The zero-order chi connectivity index (χ0) is 71.4. The van der Waals surface area contributed by atoms with Gasteiger partial charge in [0.2, 0.25) is 23.6 Å².